The summed E-state index contributed by atoms with van der Waals surface area (Å²) in [5.41, 5.74) is 3.34. The maximum Gasteiger partial charge on any atom is 0.283 e. The Labute approximate surface area is 181 Å². The third-order valence-corrected chi connectivity index (χ3v) is 5.96. The molecule has 0 aromatic heterocycles. The highest BCUT2D eigenvalue weighted by Gasteiger charge is 2.32. The zero-order chi connectivity index (χ0) is 20.8. The standard InChI is InChI=1S/C23H25ClN2O2S/c1-4-6-13-29-23-25-20(14-17-9-7-16(5-2)8-10-17)22(27)26(23)18-11-12-21(28-3)19(24)15-18/h7-12,14-15H,4-6,13H2,1-3H3. The molecule has 0 aliphatic carbocycles. The molecule has 1 aliphatic heterocycles. The molecule has 1 aliphatic rings. The number of nitrogens with zero attached hydrogens (tertiary/aromatic N) is 2. The van der Waals surface area contributed by atoms with Gasteiger partial charge in [0.1, 0.15) is 11.4 Å². The Morgan fingerprint density at radius 2 is 1.93 bits per heavy atom. The van der Waals surface area contributed by atoms with E-state index < -0.39 is 0 Å². The fourth-order valence-electron chi connectivity index (χ4n) is 2.93. The van der Waals surface area contributed by atoms with E-state index in [-0.39, 0.29) is 5.91 Å². The predicted octanol–water partition coefficient (Wildman–Crippen LogP) is 6.19. The minimum Gasteiger partial charge on any atom is -0.495 e. The molecule has 3 rings (SSSR count). The zero-order valence-electron chi connectivity index (χ0n) is 16.9. The number of anilines is 1. The lowest BCUT2D eigenvalue weighted by atomic mass is 10.1. The largest absolute Gasteiger partial charge is 0.495 e. The third kappa shape index (κ3) is 5.03. The van der Waals surface area contributed by atoms with Crippen molar-refractivity contribution >= 4 is 46.2 Å². The van der Waals surface area contributed by atoms with E-state index in [1.807, 2.05) is 24.3 Å². The Balaban J connectivity index is 1.94. The van der Waals surface area contributed by atoms with E-state index in [4.69, 9.17) is 16.3 Å². The summed E-state index contributed by atoms with van der Waals surface area (Å²) in [5.74, 6) is 1.33. The van der Waals surface area contributed by atoms with Crippen molar-refractivity contribution in [3.8, 4) is 5.75 Å². The fourth-order valence-corrected chi connectivity index (χ4v) is 4.28. The van der Waals surface area contributed by atoms with Gasteiger partial charge in [-0.3, -0.25) is 9.69 Å². The molecular formula is C23H25ClN2O2S. The highest BCUT2D eigenvalue weighted by molar-refractivity contribution is 8.14. The van der Waals surface area contributed by atoms with E-state index in [1.165, 1.54) is 5.56 Å². The van der Waals surface area contributed by atoms with Gasteiger partial charge in [-0.1, -0.05) is 67.9 Å². The first-order valence-corrected chi connectivity index (χ1v) is 11.1. The summed E-state index contributed by atoms with van der Waals surface area (Å²) < 4.78 is 5.23. The number of ether oxygens (including phenoxy) is 1. The summed E-state index contributed by atoms with van der Waals surface area (Å²) in [5, 5.41) is 1.14. The number of amidine groups is 1. The van der Waals surface area contributed by atoms with Crippen LogP contribution in [0, 0.1) is 0 Å². The summed E-state index contributed by atoms with van der Waals surface area (Å²) in [6.45, 7) is 4.27. The maximum absolute atomic E-state index is 13.2. The van der Waals surface area contributed by atoms with Gasteiger partial charge in [-0.2, -0.15) is 0 Å². The third-order valence-electron chi connectivity index (χ3n) is 4.64. The number of thioether (sulfide) groups is 1. The Hall–Kier alpha value is -2.24. The number of rotatable bonds is 7. The van der Waals surface area contributed by atoms with Crippen LogP contribution in [0.2, 0.25) is 5.02 Å². The molecule has 0 unspecified atom stereocenters. The predicted molar refractivity (Wildman–Crippen MR) is 124 cm³/mol. The van der Waals surface area contributed by atoms with Gasteiger partial charge in [0.15, 0.2) is 5.17 Å². The van der Waals surface area contributed by atoms with Crippen LogP contribution in [0.15, 0.2) is 53.2 Å². The molecule has 2 aromatic rings. The first-order chi connectivity index (χ1) is 14.1. The summed E-state index contributed by atoms with van der Waals surface area (Å²) in [4.78, 5) is 19.5. The Morgan fingerprint density at radius 3 is 2.55 bits per heavy atom. The summed E-state index contributed by atoms with van der Waals surface area (Å²) in [7, 11) is 1.57. The molecule has 6 heteroatoms. The quantitative estimate of drug-likeness (QED) is 0.390. The van der Waals surface area contributed by atoms with Crippen molar-refractivity contribution in [3.05, 3.63) is 64.3 Å². The van der Waals surface area contributed by atoms with Gasteiger partial charge < -0.3 is 4.74 Å². The molecule has 0 fully saturated rings. The van der Waals surface area contributed by atoms with Crippen molar-refractivity contribution < 1.29 is 9.53 Å². The second-order valence-electron chi connectivity index (χ2n) is 6.68. The van der Waals surface area contributed by atoms with E-state index in [9.17, 15) is 4.79 Å². The highest BCUT2D eigenvalue weighted by atomic mass is 35.5. The number of unbranched alkanes of at least 4 members (excludes halogenated alkanes) is 1. The zero-order valence-corrected chi connectivity index (χ0v) is 18.5. The van der Waals surface area contributed by atoms with Crippen LogP contribution < -0.4 is 9.64 Å². The molecule has 0 saturated carbocycles. The van der Waals surface area contributed by atoms with Crippen LogP contribution in [-0.2, 0) is 11.2 Å². The van der Waals surface area contributed by atoms with Crippen molar-refractivity contribution in [3.63, 3.8) is 0 Å². The number of methoxy groups -OCH3 is 1. The lowest BCUT2D eigenvalue weighted by Gasteiger charge is -2.18. The number of benzene rings is 2. The van der Waals surface area contributed by atoms with Crippen LogP contribution in [0.5, 0.6) is 5.75 Å². The van der Waals surface area contributed by atoms with Crippen molar-refractivity contribution in [1.29, 1.82) is 0 Å². The van der Waals surface area contributed by atoms with Crippen LogP contribution in [0.1, 0.15) is 37.8 Å². The topological polar surface area (TPSA) is 41.9 Å². The van der Waals surface area contributed by atoms with Gasteiger partial charge in [-0.25, -0.2) is 4.99 Å². The molecule has 0 atom stereocenters. The van der Waals surface area contributed by atoms with E-state index in [0.29, 0.717) is 27.3 Å². The molecule has 1 amide bonds. The molecule has 0 saturated heterocycles. The Kier molecular flexibility index (Phi) is 7.40. The van der Waals surface area contributed by atoms with Crippen LogP contribution in [0.4, 0.5) is 5.69 Å². The first-order valence-electron chi connectivity index (χ1n) is 9.77. The lowest BCUT2D eigenvalue weighted by Crippen LogP contribution is -2.30. The maximum atomic E-state index is 13.2. The smallest absolute Gasteiger partial charge is 0.283 e. The molecule has 0 radical (unpaired) electrons. The van der Waals surface area contributed by atoms with Crippen molar-refractivity contribution in [2.45, 2.75) is 33.1 Å². The van der Waals surface area contributed by atoms with Crippen LogP contribution >= 0.6 is 23.4 Å². The number of hydrogen-bond acceptors (Lipinski definition) is 4. The van der Waals surface area contributed by atoms with Gasteiger partial charge in [-0.05, 0) is 48.2 Å². The number of aryl methyl sites for hydroxylation is 1. The molecule has 0 spiro atoms. The SMILES string of the molecule is CCCCSC1=NC(=Cc2ccc(CC)cc2)C(=O)N1c1ccc(OC)c(Cl)c1. The number of halogens is 1. The van der Waals surface area contributed by atoms with Gasteiger partial charge in [0.05, 0.1) is 17.8 Å². The molecule has 1 heterocycles. The number of carbonyl (C=O) groups excluding carboxylic acids is 1. The van der Waals surface area contributed by atoms with Crippen molar-refractivity contribution in [2.75, 3.05) is 17.8 Å². The number of carbonyl (C=O) groups is 1. The van der Waals surface area contributed by atoms with Crippen molar-refractivity contribution in [1.82, 2.24) is 0 Å². The van der Waals surface area contributed by atoms with E-state index in [0.717, 1.165) is 30.6 Å². The summed E-state index contributed by atoms with van der Waals surface area (Å²) >= 11 is 7.89. The van der Waals surface area contributed by atoms with E-state index >= 15 is 0 Å². The van der Waals surface area contributed by atoms with Crippen LogP contribution in [0.3, 0.4) is 0 Å². The van der Waals surface area contributed by atoms with Crippen molar-refractivity contribution in [2.24, 2.45) is 4.99 Å². The highest BCUT2D eigenvalue weighted by Crippen LogP contribution is 2.34. The number of amides is 1. The number of aliphatic imine (C=N–C) groups is 1. The van der Waals surface area contributed by atoms with Gasteiger partial charge in [0, 0.05) is 5.75 Å². The molecule has 152 valence electrons. The first kappa shape index (κ1) is 21.5. The number of hydrogen-bond donors (Lipinski definition) is 0. The van der Waals surface area contributed by atoms with Gasteiger partial charge in [-0.15, -0.1) is 0 Å². The average molecular weight is 429 g/mol. The molecule has 0 N–H and O–H groups in total. The second kappa shape index (κ2) is 9.99. The molecule has 0 bridgehead atoms. The normalized spacial score (nSPS) is 15.2. The summed E-state index contributed by atoms with van der Waals surface area (Å²) in [6, 6.07) is 13.5. The minimum absolute atomic E-state index is 0.148. The Morgan fingerprint density at radius 1 is 1.17 bits per heavy atom. The minimum atomic E-state index is -0.148. The molecule has 29 heavy (non-hydrogen) atoms. The Bertz CT molecular complexity index is 938. The lowest BCUT2D eigenvalue weighted by molar-refractivity contribution is -0.113. The van der Waals surface area contributed by atoms with E-state index in [1.54, 1.807) is 35.9 Å². The molecule has 2 aromatic carbocycles. The van der Waals surface area contributed by atoms with Gasteiger partial charge >= 0.3 is 0 Å². The molecule has 4 nitrogen and oxygen atoms in total. The monoisotopic (exact) mass is 428 g/mol. The van der Waals surface area contributed by atoms with Gasteiger partial charge in [0.25, 0.3) is 5.91 Å². The van der Waals surface area contributed by atoms with Gasteiger partial charge in [0.2, 0.25) is 0 Å². The van der Waals surface area contributed by atoms with E-state index in [2.05, 4.69) is 31.0 Å². The average Bonchev–Trinajstić information content (AvgIpc) is 3.03. The summed E-state index contributed by atoms with van der Waals surface area (Å²) in [6.07, 6.45) is 4.98. The fraction of sp³-hybridized carbons (Fsp3) is 0.304. The second-order valence-corrected chi connectivity index (χ2v) is 8.15. The molecular weight excluding hydrogens is 404 g/mol. The van der Waals surface area contributed by atoms with Crippen LogP contribution in [0.25, 0.3) is 6.08 Å². The van der Waals surface area contributed by atoms with Crippen LogP contribution in [-0.4, -0.2) is 23.9 Å².